The van der Waals surface area contributed by atoms with E-state index in [4.69, 9.17) is 9.97 Å². The van der Waals surface area contributed by atoms with Crippen molar-refractivity contribution in [2.24, 2.45) is 0 Å². The van der Waals surface area contributed by atoms with E-state index in [0.29, 0.717) is 5.82 Å². The molecule has 55 heavy (non-hydrogen) atoms. The van der Waals surface area contributed by atoms with Crippen LogP contribution in [0.3, 0.4) is 0 Å². The van der Waals surface area contributed by atoms with Crippen molar-refractivity contribution in [3.05, 3.63) is 182 Å². The molecule has 0 aliphatic heterocycles. The molecule has 4 aromatic heterocycles. The van der Waals surface area contributed by atoms with Crippen molar-refractivity contribution >= 4 is 85.9 Å². The Bertz CT molecular complexity index is 3430. The minimum Gasteiger partial charge on any atom is -0.309 e. The SMILES string of the molecule is c1ccc(-c2cc(-n3c4ccccc4c4ccc5sc6ccc7c8ccccc8n(-c8ccc9ccccc9c8)c7c6c5c43)nc(-c3ccccc3)n2)cc1. The summed E-state index contributed by atoms with van der Waals surface area (Å²) in [7, 11) is 0. The Kier molecular flexibility index (Phi) is 6.47. The van der Waals surface area contributed by atoms with Crippen LogP contribution in [0.5, 0.6) is 0 Å². The van der Waals surface area contributed by atoms with Gasteiger partial charge in [0.15, 0.2) is 5.82 Å². The standard InChI is InChI=1S/C50H30N4S/c1-3-14-32(15-4-1)40-30-45(52-50(51-40)33-16-5-2-6-17-33)54-42-22-12-10-20-37(42)39-26-28-44-47(49(39)54)46-43(55-44)27-25-38-36-19-9-11-21-41(36)53(48(38)46)35-24-23-31-13-7-8-18-34(31)29-35/h1-30H. The normalized spacial score (nSPS) is 12.0. The highest BCUT2D eigenvalue weighted by Gasteiger charge is 2.24. The van der Waals surface area contributed by atoms with Crippen molar-refractivity contribution in [1.29, 1.82) is 0 Å². The van der Waals surface area contributed by atoms with Crippen molar-refractivity contribution in [2.75, 3.05) is 0 Å². The predicted octanol–water partition coefficient (Wildman–Crippen LogP) is 13.5. The van der Waals surface area contributed by atoms with E-state index in [9.17, 15) is 0 Å². The maximum atomic E-state index is 5.38. The van der Waals surface area contributed by atoms with Gasteiger partial charge in [0, 0.05) is 64.6 Å². The molecule has 0 radical (unpaired) electrons. The Balaban J connectivity index is 1.26. The van der Waals surface area contributed by atoms with Gasteiger partial charge >= 0.3 is 0 Å². The number of aromatic nitrogens is 4. The van der Waals surface area contributed by atoms with Crippen LogP contribution in [0.25, 0.3) is 109 Å². The average Bonchev–Trinajstić information content (AvgIpc) is 3.91. The van der Waals surface area contributed by atoms with Gasteiger partial charge in [0.1, 0.15) is 5.82 Å². The molecule has 0 bridgehead atoms. The second kappa shape index (κ2) is 11.7. The van der Waals surface area contributed by atoms with Crippen LogP contribution in [0.2, 0.25) is 0 Å². The fourth-order valence-corrected chi connectivity index (χ4v) is 9.80. The molecule has 0 saturated carbocycles. The van der Waals surface area contributed by atoms with E-state index >= 15 is 0 Å². The minimum absolute atomic E-state index is 0.698. The fraction of sp³-hybridized carbons (Fsp3) is 0. The molecule has 4 nitrogen and oxygen atoms in total. The lowest BCUT2D eigenvalue weighted by Crippen LogP contribution is -2.02. The second-order valence-electron chi connectivity index (χ2n) is 14.2. The third-order valence-corrected chi connectivity index (χ3v) is 12.2. The van der Waals surface area contributed by atoms with Gasteiger partial charge in [-0.3, -0.25) is 4.57 Å². The first kappa shape index (κ1) is 30.4. The Morgan fingerprint density at radius 3 is 1.65 bits per heavy atom. The maximum absolute atomic E-state index is 5.38. The predicted molar refractivity (Wildman–Crippen MR) is 232 cm³/mol. The maximum Gasteiger partial charge on any atom is 0.162 e. The van der Waals surface area contributed by atoms with Gasteiger partial charge in [0.2, 0.25) is 0 Å². The van der Waals surface area contributed by atoms with Gasteiger partial charge < -0.3 is 4.57 Å². The van der Waals surface area contributed by atoms with E-state index < -0.39 is 0 Å². The molecule has 0 aliphatic rings. The molecule has 0 atom stereocenters. The van der Waals surface area contributed by atoms with Crippen LogP contribution in [0, 0.1) is 0 Å². The largest absolute Gasteiger partial charge is 0.309 e. The molecular formula is C50H30N4S. The van der Waals surface area contributed by atoms with E-state index in [1.54, 1.807) is 0 Å². The van der Waals surface area contributed by atoms with Gasteiger partial charge in [-0.1, -0.05) is 140 Å². The zero-order valence-corrected chi connectivity index (χ0v) is 30.3. The molecular weight excluding hydrogens is 689 g/mol. The third-order valence-electron chi connectivity index (χ3n) is 11.1. The van der Waals surface area contributed by atoms with E-state index in [-0.39, 0.29) is 0 Å². The Hall–Kier alpha value is -7.08. The summed E-state index contributed by atoms with van der Waals surface area (Å²) in [6.07, 6.45) is 0. The number of para-hydroxylation sites is 2. The van der Waals surface area contributed by atoms with Crippen molar-refractivity contribution < 1.29 is 0 Å². The monoisotopic (exact) mass is 718 g/mol. The molecule has 256 valence electrons. The van der Waals surface area contributed by atoms with Crippen molar-refractivity contribution in [3.63, 3.8) is 0 Å². The molecule has 4 heterocycles. The molecule has 0 spiro atoms. The molecule has 0 amide bonds. The first-order chi connectivity index (χ1) is 27.3. The summed E-state index contributed by atoms with van der Waals surface area (Å²) in [5.74, 6) is 1.54. The summed E-state index contributed by atoms with van der Waals surface area (Å²) >= 11 is 1.86. The van der Waals surface area contributed by atoms with Crippen LogP contribution in [-0.2, 0) is 0 Å². The molecule has 5 heteroatoms. The Labute approximate surface area is 319 Å². The third kappa shape index (κ3) is 4.51. The van der Waals surface area contributed by atoms with Gasteiger partial charge in [-0.2, -0.15) is 0 Å². The molecule has 0 aliphatic carbocycles. The van der Waals surface area contributed by atoms with Crippen molar-refractivity contribution in [1.82, 2.24) is 19.1 Å². The van der Waals surface area contributed by atoms with Crippen LogP contribution in [0.15, 0.2) is 182 Å². The number of nitrogens with zero attached hydrogens (tertiary/aromatic N) is 4. The molecule has 12 rings (SSSR count). The Morgan fingerprint density at radius 1 is 0.400 bits per heavy atom. The van der Waals surface area contributed by atoms with E-state index in [2.05, 4.69) is 179 Å². The molecule has 0 N–H and O–H groups in total. The lowest BCUT2D eigenvalue weighted by atomic mass is 10.0. The van der Waals surface area contributed by atoms with Crippen LogP contribution in [0.4, 0.5) is 0 Å². The van der Waals surface area contributed by atoms with Crippen LogP contribution < -0.4 is 0 Å². The summed E-state index contributed by atoms with van der Waals surface area (Å²) < 4.78 is 7.38. The second-order valence-corrected chi connectivity index (χ2v) is 15.3. The number of thiophene rings is 1. The summed E-state index contributed by atoms with van der Waals surface area (Å²) in [6, 6.07) is 65.2. The zero-order valence-electron chi connectivity index (χ0n) is 29.5. The number of benzene rings is 8. The van der Waals surface area contributed by atoms with Crippen molar-refractivity contribution in [2.45, 2.75) is 0 Å². The lowest BCUT2D eigenvalue weighted by Gasteiger charge is -2.13. The topological polar surface area (TPSA) is 35.6 Å². The summed E-state index contributed by atoms with van der Waals surface area (Å²) in [6.45, 7) is 0. The average molecular weight is 719 g/mol. The van der Waals surface area contributed by atoms with Gasteiger partial charge in [-0.15, -0.1) is 11.3 Å². The molecule has 0 unspecified atom stereocenters. The lowest BCUT2D eigenvalue weighted by molar-refractivity contribution is 1.05. The van der Waals surface area contributed by atoms with Gasteiger partial charge in [0.25, 0.3) is 0 Å². The number of hydrogen-bond donors (Lipinski definition) is 0. The number of rotatable bonds is 4. The molecule has 12 aromatic rings. The highest BCUT2D eigenvalue weighted by molar-refractivity contribution is 7.26. The van der Waals surface area contributed by atoms with Gasteiger partial charge in [0.05, 0.1) is 27.8 Å². The Morgan fingerprint density at radius 2 is 0.964 bits per heavy atom. The van der Waals surface area contributed by atoms with Crippen LogP contribution in [-0.4, -0.2) is 19.1 Å². The van der Waals surface area contributed by atoms with Crippen LogP contribution in [0.1, 0.15) is 0 Å². The highest BCUT2D eigenvalue weighted by atomic mass is 32.1. The zero-order chi connectivity index (χ0) is 36.0. The van der Waals surface area contributed by atoms with Crippen molar-refractivity contribution in [3.8, 4) is 34.2 Å². The number of fused-ring (bicyclic) bond motifs is 12. The van der Waals surface area contributed by atoms with Gasteiger partial charge in [-0.05, 0) is 47.2 Å². The van der Waals surface area contributed by atoms with E-state index in [1.807, 2.05) is 23.5 Å². The molecule has 0 fully saturated rings. The minimum atomic E-state index is 0.698. The quantitative estimate of drug-likeness (QED) is 0.182. The number of hydrogen-bond acceptors (Lipinski definition) is 3. The van der Waals surface area contributed by atoms with E-state index in [1.165, 1.54) is 63.5 Å². The van der Waals surface area contributed by atoms with Gasteiger partial charge in [-0.25, -0.2) is 9.97 Å². The highest BCUT2D eigenvalue weighted by Crippen LogP contribution is 2.47. The fourth-order valence-electron chi connectivity index (χ4n) is 8.69. The summed E-state index contributed by atoms with van der Waals surface area (Å²) in [4.78, 5) is 10.5. The first-order valence-corrected chi connectivity index (χ1v) is 19.4. The molecule has 0 saturated heterocycles. The smallest absolute Gasteiger partial charge is 0.162 e. The summed E-state index contributed by atoms with van der Waals surface area (Å²) in [5, 5.41) is 9.85. The first-order valence-electron chi connectivity index (χ1n) is 18.6. The molecule has 8 aromatic carbocycles. The van der Waals surface area contributed by atoms with E-state index in [0.717, 1.165) is 39.4 Å². The van der Waals surface area contributed by atoms with Crippen LogP contribution >= 0.6 is 11.3 Å². The summed E-state index contributed by atoms with van der Waals surface area (Å²) in [5.41, 5.74) is 8.77.